The molecular formula is C13H19N3S. The molecule has 17 heavy (non-hydrogen) atoms. The van der Waals surface area contributed by atoms with Gasteiger partial charge in [0.15, 0.2) is 0 Å². The second kappa shape index (κ2) is 5.47. The number of thiophene rings is 1. The summed E-state index contributed by atoms with van der Waals surface area (Å²) in [6.07, 6.45) is 3.00. The Bertz CT molecular complexity index is 478. The summed E-state index contributed by atoms with van der Waals surface area (Å²) in [5.74, 6) is 1.01. The standard InChI is InChI=1S/C13H19N3S/c1-10(5-8-16(2)3)15-13-11-6-9-17-12(11)4-7-14-13/h4,6-7,9-10H,5,8H2,1-3H3,(H,14,15). The minimum absolute atomic E-state index is 0.440. The fourth-order valence-electron chi connectivity index (χ4n) is 1.77. The maximum atomic E-state index is 4.43. The first kappa shape index (κ1) is 12.3. The van der Waals surface area contributed by atoms with Gasteiger partial charge in [0.2, 0.25) is 0 Å². The van der Waals surface area contributed by atoms with Crippen LogP contribution in [0, 0.1) is 0 Å². The smallest absolute Gasteiger partial charge is 0.134 e. The third-order valence-electron chi connectivity index (χ3n) is 2.77. The third kappa shape index (κ3) is 3.17. The summed E-state index contributed by atoms with van der Waals surface area (Å²) in [4.78, 5) is 6.63. The highest BCUT2D eigenvalue weighted by molar-refractivity contribution is 7.17. The number of pyridine rings is 1. The van der Waals surface area contributed by atoms with Gasteiger partial charge in [-0.3, -0.25) is 0 Å². The summed E-state index contributed by atoms with van der Waals surface area (Å²) >= 11 is 1.76. The molecule has 0 radical (unpaired) electrons. The zero-order valence-electron chi connectivity index (χ0n) is 10.6. The van der Waals surface area contributed by atoms with Crippen LogP contribution in [0.25, 0.3) is 10.1 Å². The Morgan fingerprint density at radius 1 is 1.41 bits per heavy atom. The molecule has 0 bridgehead atoms. The third-order valence-corrected chi connectivity index (χ3v) is 3.65. The second-order valence-corrected chi connectivity index (χ2v) is 5.58. The molecule has 92 valence electrons. The van der Waals surface area contributed by atoms with Gasteiger partial charge in [0.25, 0.3) is 0 Å². The highest BCUT2D eigenvalue weighted by atomic mass is 32.1. The first-order valence-electron chi connectivity index (χ1n) is 5.90. The van der Waals surface area contributed by atoms with Crippen molar-refractivity contribution in [3.63, 3.8) is 0 Å². The van der Waals surface area contributed by atoms with Crippen LogP contribution in [0.1, 0.15) is 13.3 Å². The van der Waals surface area contributed by atoms with E-state index in [1.54, 1.807) is 11.3 Å². The fraction of sp³-hybridized carbons (Fsp3) is 0.462. The summed E-state index contributed by atoms with van der Waals surface area (Å²) in [5, 5.41) is 6.84. The molecule has 0 amide bonds. The number of fused-ring (bicyclic) bond motifs is 1. The number of aromatic nitrogens is 1. The van der Waals surface area contributed by atoms with E-state index in [-0.39, 0.29) is 0 Å². The van der Waals surface area contributed by atoms with E-state index in [0.717, 1.165) is 18.8 Å². The Balaban J connectivity index is 2.05. The minimum Gasteiger partial charge on any atom is -0.367 e. The van der Waals surface area contributed by atoms with Crippen molar-refractivity contribution in [1.29, 1.82) is 0 Å². The van der Waals surface area contributed by atoms with E-state index in [4.69, 9.17) is 0 Å². The second-order valence-electron chi connectivity index (χ2n) is 4.63. The lowest BCUT2D eigenvalue weighted by atomic mass is 10.2. The molecule has 0 spiro atoms. The van der Waals surface area contributed by atoms with Crippen LogP contribution in [0.3, 0.4) is 0 Å². The van der Waals surface area contributed by atoms with Gasteiger partial charge in [-0.25, -0.2) is 4.98 Å². The lowest BCUT2D eigenvalue weighted by Gasteiger charge is -2.17. The first-order valence-corrected chi connectivity index (χ1v) is 6.78. The number of rotatable bonds is 5. The largest absolute Gasteiger partial charge is 0.367 e. The Kier molecular flexibility index (Phi) is 3.97. The minimum atomic E-state index is 0.440. The Morgan fingerprint density at radius 2 is 2.24 bits per heavy atom. The van der Waals surface area contributed by atoms with Gasteiger partial charge in [-0.15, -0.1) is 11.3 Å². The lowest BCUT2D eigenvalue weighted by molar-refractivity contribution is 0.390. The van der Waals surface area contributed by atoms with Crippen LogP contribution in [0.4, 0.5) is 5.82 Å². The highest BCUT2D eigenvalue weighted by Crippen LogP contribution is 2.26. The zero-order chi connectivity index (χ0) is 12.3. The summed E-state index contributed by atoms with van der Waals surface area (Å²) in [7, 11) is 4.20. The van der Waals surface area contributed by atoms with Crippen LogP contribution in [-0.2, 0) is 0 Å². The molecule has 1 N–H and O–H groups in total. The zero-order valence-corrected chi connectivity index (χ0v) is 11.4. The molecule has 0 aliphatic rings. The van der Waals surface area contributed by atoms with Crippen molar-refractivity contribution < 1.29 is 0 Å². The van der Waals surface area contributed by atoms with Crippen molar-refractivity contribution in [2.45, 2.75) is 19.4 Å². The number of hydrogen-bond donors (Lipinski definition) is 1. The van der Waals surface area contributed by atoms with E-state index < -0.39 is 0 Å². The molecule has 0 aromatic carbocycles. The normalized spacial score (nSPS) is 13.2. The van der Waals surface area contributed by atoms with Crippen LogP contribution in [0.5, 0.6) is 0 Å². The van der Waals surface area contributed by atoms with Crippen molar-refractivity contribution in [2.24, 2.45) is 0 Å². The first-order chi connectivity index (χ1) is 8.16. The van der Waals surface area contributed by atoms with Crippen molar-refractivity contribution in [1.82, 2.24) is 9.88 Å². The summed E-state index contributed by atoms with van der Waals surface area (Å²) < 4.78 is 1.29. The van der Waals surface area contributed by atoms with E-state index in [1.807, 2.05) is 6.20 Å². The van der Waals surface area contributed by atoms with Crippen LogP contribution in [0.2, 0.25) is 0 Å². The van der Waals surface area contributed by atoms with E-state index in [0.29, 0.717) is 6.04 Å². The summed E-state index contributed by atoms with van der Waals surface area (Å²) in [5.41, 5.74) is 0. The van der Waals surface area contributed by atoms with Crippen molar-refractivity contribution in [3.05, 3.63) is 23.7 Å². The molecule has 0 aliphatic carbocycles. The average molecular weight is 249 g/mol. The van der Waals surface area contributed by atoms with E-state index in [9.17, 15) is 0 Å². The molecule has 0 aliphatic heterocycles. The van der Waals surface area contributed by atoms with Gasteiger partial charge in [0.1, 0.15) is 5.82 Å². The number of nitrogens with one attached hydrogen (secondary N) is 1. The molecule has 2 rings (SSSR count). The van der Waals surface area contributed by atoms with E-state index in [1.165, 1.54) is 10.1 Å². The monoisotopic (exact) mass is 249 g/mol. The molecule has 2 aromatic heterocycles. The molecule has 2 heterocycles. The number of hydrogen-bond acceptors (Lipinski definition) is 4. The summed E-state index contributed by atoms with van der Waals surface area (Å²) in [6.45, 7) is 3.30. The van der Waals surface area contributed by atoms with Crippen molar-refractivity contribution in [2.75, 3.05) is 26.0 Å². The number of nitrogens with zero attached hydrogens (tertiary/aromatic N) is 2. The van der Waals surface area contributed by atoms with E-state index >= 15 is 0 Å². The number of anilines is 1. The summed E-state index contributed by atoms with van der Waals surface area (Å²) in [6, 6.07) is 4.64. The molecule has 1 unspecified atom stereocenters. The molecule has 1 atom stereocenters. The predicted octanol–water partition coefficient (Wildman–Crippen LogP) is 3.05. The van der Waals surface area contributed by atoms with Gasteiger partial charge in [-0.2, -0.15) is 0 Å². The van der Waals surface area contributed by atoms with Gasteiger partial charge in [0.05, 0.1) is 0 Å². The molecule has 0 saturated carbocycles. The molecular weight excluding hydrogens is 230 g/mol. The Hall–Kier alpha value is -1.13. The van der Waals surface area contributed by atoms with Crippen LogP contribution < -0.4 is 5.32 Å². The SMILES string of the molecule is CC(CCN(C)C)Nc1nccc2sccc12. The lowest BCUT2D eigenvalue weighted by Crippen LogP contribution is -2.23. The van der Waals surface area contributed by atoms with Crippen molar-refractivity contribution >= 4 is 27.2 Å². The predicted molar refractivity (Wildman–Crippen MR) is 75.9 cm³/mol. The quantitative estimate of drug-likeness (QED) is 0.882. The molecule has 0 saturated heterocycles. The van der Waals surface area contributed by atoms with Gasteiger partial charge in [-0.05, 0) is 51.5 Å². The topological polar surface area (TPSA) is 28.2 Å². The van der Waals surface area contributed by atoms with Gasteiger partial charge in [-0.1, -0.05) is 0 Å². The van der Waals surface area contributed by atoms with Crippen LogP contribution in [-0.4, -0.2) is 36.6 Å². The average Bonchev–Trinajstić information content (AvgIpc) is 2.75. The Morgan fingerprint density at radius 3 is 3.00 bits per heavy atom. The Labute approximate surface area is 106 Å². The van der Waals surface area contributed by atoms with Gasteiger partial charge >= 0.3 is 0 Å². The molecule has 3 nitrogen and oxygen atoms in total. The van der Waals surface area contributed by atoms with Gasteiger partial charge in [0, 0.05) is 22.3 Å². The molecule has 2 aromatic rings. The van der Waals surface area contributed by atoms with Crippen molar-refractivity contribution in [3.8, 4) is 0 Å². The maximum Gasteiger partial charge on any atom is 0.134 e. The fourth-order valence-corrected chi connectivity index (χ4v) is 2.55. The van der Waals surface area contributed by atoms with Crippen LogP contribution in [0.15, 0.2) is 23.7 Å². The van der Waals surface area contributed by atoms with Crippen LogP contribution >= 0.6 is 11.3 Å². The highest BCUT2D eigenvalue weighted by Gasteiger charge is 2.07. The molecule has 4 heteroatoms. The van der Waals surface area contributed by atoms with E-state index in [2.05, 4.69) is 53.7 Å². The van der Waals surface area contributed by atoms with Gasteiger partial charge < -0.3 is 10.2 Å². The molecule has 0 fully saturated rings. The maximum absolute atomic E-state index is 4.43.